The van der Waals surface area contributed by atoms with E-state index in [0.29, 0.717) is 6.61 Å². The van der Waals surface area contributed by atoms with E-state index in [4.69, 9.17) is 4.74 Å². The molecule has 1 rings (SSSR count). The third kappa shape index (κ3) is 6.36. The van der Waals surface area contributed by atoms with Gasteiger partial charge in [-0.2, -0.15) is 0 Å². The van der Waals surface area contributed by atoms with Crippen molar-refractivity contribution in [3.63, 3.8) is 0 Å². The van der Waals surface area contributed by atoms with Crippen LogP contribution in [-0.4, -0.2) is 61.8 Å². The predicted molar refractivity (Wildman–Crippen MR) is 74.1 cm³/mol. The molecule has 0 aromatic carbocycles. The molecule has 18 heavy (non-hydrogen) atoms. The summed E-state index contributed by atoms with van der Waals surface area (Å²) in [5, 5.41) is 6.35. The molecule has 0 unspecified atom stereocenters. The van der Waals surface area contributed by atoms with Gasteiger partial charge in [0.2, 0.25) is 0 Å². The molecular formula is C12H23N5O. The van der Waals surface area contributed by atoms with Crippen molar-refractivity contribution in [1.82, 2.24) is 14.9 Å². The van der Waals surface area contributed by atoms with Crippen LogP contribution in [0.25, 0.3) is 0 Å². The van der Waals surface area contributed by atoms with Gasteiger partial charge in [-0.1, -0.05) is 0 Å². The highest BCUT2D eigenvalue weighted by molar-refractivity contribution is 5.46. The van der Waals surface area contributed by atoms with E-state index in [0.717, 1.165) is 37.9 Å². The molecule has 0 saturated heterocycles. The number of aromatic nitrogens is 2. The van der Waals surface area contributed by atoms with Crippen molar-refractivity contribution in [2.24, 2.45) is 0 Å². The highest BCUT2D eigenvalue weighted by atomic mass is 16.5. The van der Waals surface area contributed by atoms with E-state index in [1.54, 1.807) is 6.33 Å². The molecule has 0 saturated carbocycles. The van der Waals surface area contributed by atoms with Crippen molar-refractivity contribution in [2.45, 2.75) is 6.92 Å². The van der Waals surface area contributed by atoms with Gasteiger partial charge in [-0.3, -0.25) is 0 Å². The second-order valence-corrected chi connectivity index (χ2v) is 4.16. The lowest BCUT2D eigenvalue weighted by atomic mass is 10.5. The van der Waals surface area contributed by atoms with E-state index in [-0.39, 0.29) is 0 Å². The van der Waals surface area contributed by atoms with E-state index in [9.17, 15) is 0 Å². The molecule has 0 radical (unpaired) electrons. The summed E-state index contributed by atoms with van der Waals surface area (Å²) in [6.45, 7) is 6.00. The Labute approximate surface area is 109 Å². The van der Waals surface area contributed by atoms with Crippen LogP contribution in [0.4, 0.5) is 11.6 Å². The van der Waals surface area contributed by atoms with Gasteiger partial charge in [0, 0.05) is 25.7 Å². The molecule has 0 aliphatic rings. The van der Waals surface area contributed by atoms with E-state index in [1.165, 1.54) is 0 Å². The summed E-state index contributed by atoms with van der Waals surface area (Å²) < 4.78 is 5.48. The Morgan fingerprint density at radius 3 is 2.56 bits per heavy atom. The molecule has 0 bridgehead atoms. The monoisotopic (exact) mass is 253 g/mol. The smallest absolute Gasteiger partial charge is 0.131 e. The lowest BCUT2D eigenvalue weighted by molar-refractivity contribution is 0.126. The zero-order valence-electron chi connectivity index (χ0n) is 11.4. The van der Waals surface area contributed by atoms with Crippen LogP contribution in [0.3, 0.4) is 0 Å². The zero-order chi connectivity index (χ0) is 13.2. The number of hydrogen-bond acceptors (Lipinski definition) is 6. The summed E-state index contributed by atoms with van der Waals surface area (Å²) in [5.74, 6) is 1.65. The molecule has 1 aromatic heterocycles. The first-order valence-electron chi connectivity index (χ1n) is 6.24. The van der Waals surface area contributed by atoms with Crippen molar-refractivity contribution in [1.29, 1.82) is 0 Å². The average Bonchev–Trinajstić information content (AvgIpc) is 2.34. The molecule has 2 N–H and O–H groups in total. The van der Waals surface area contributed by atoms with E-state index < -0.39 is 0 Å². The van der Waals surface area contributed by atoms with Gasteiger partial charge >= 0.3 is 0 Å². The van der Waals surface area contributed by atoms with Crippen LogP contribution in [0.1, 0.15) is 6.92 Å². The van der Waals surface area contributed by atoms with Gasteiger partial charge in [0.15, 0.2) is 0 Å². The van der Waals surface area contributed by atoms with Gasteiger partial charge in [0.1, 0.15) is 18.0 Å². The molecule has 1 heterocycles. The third-order valence-corrected chi connectivity index (χ3v) is 2.26. The molecule has 0 atom stereocenters. The Hall–Kier alpha value is -1.40. The minimum absolute atomic E-state index is 0.675. The number of likely N-dealkylation sites (N-methyl/N-ethyl adjacent to an activating group) is 1. The Kier molecular flexibility index (Phi) is 7.05. The zero-order valence-corrected chi connectivity index (χ0v) is 11.4. The van der Waals surface area contributed by atoms with Gasteiger partial charge in [-0.15, -0.1) is 0 Å². The Balaban J connectivity index is 2.16. The van der Waals surface area contributed by atoms with Gasteiger partial charge in [0.05, 0.1) is 13.2 Å². The van der Waals surface area contributed by atoms with Crippen molar-refractivity contribution in [3.05, 3.63) is 12.4 Å². The van der Waals surface area contributed by atoms with Gasteiger partial charge in [0.25, 0.3) is 0 Å². The molecule has 0 amide bonds. The number of nitrogens with zero attached hydrogens (tertiary/aromatic N) is 3. The highest BCUT2D eigenvalue weighted by Crippen LogP contribution is 2.07. The minimum Gasteiger partial charge on any atom is -0.378 e. The molecule has 1 aromatic rings. The molecule has 102 valence electrons. The summed E-state index contributed by atoms with van der Waals surface area (Å²) in [6.07, 6.45) is 1.55. The van der Waals surface area contributed by atoms with Crippen molar-refractivity contribution < 1.29 is 4.74 Å². The molecule has 6 nitrogen and oxygen atoms in total. The Morgan fingerprint density at radius 2 is 1.89 bits per heavy atom. The lowest BCUT2D eigenvalue weighted by Crippen LogP contribution is -2.20. The van der Waals surface area contributed by atoms with Gasteiger partial charge < -0.3 is 20.3 Å². The minimum atomic E-state index is 0.675. The van der Waals surface area contributed by atoms with Crippen LogP contribution < -0.4 is 10.6 Å². The number of anilines is 2. The molecule has 0 aliphatic carbocycles. The highest BCUT2D eigenvalue weighted by Gasteiger charge is 1.97. The largest absolute Gasteiger partial charge is 0.378 e. The molecular weight excluding hydrogens is 230 g/mol. The third-order valence-electron chi connectivity index (χ3n) is 2.26. The van der Waals surface area contributed by atoms with Crippen LogP contribution in [0.2, 0.25) is 0 Å². The number of nitrogens with one attached hydrogen (secondary N) is 2. The maximum atomic E-state index is 5.48. The Bertz CT molecular complexity index is 332. The van der Waals surface area contributed by atoms with E-state index >= 15 is 0 Å². The second-order valence-electron chi connectivity index (χ2n) is 4.16. The van der Waals surface area contributed by atoms with Crippen LogP contribution in [0, 0.1) is 0 Å². The number of hydrogen-bond donors (Lipinski definition) is 2. The summed E-state index contributed by atoms with van der Waals surface area (Å²) >= 11 is 0. The standard InChI is InChI=1S/C12H23N5O/c1-4-13-11-9-12(16-10-15-11)14-5-7-18-8-6-17(2)3/h9-10H,4-8H2,1-3H3,(H2,13,14,15,16). The van der Waals surface area contributed by atoms with Gasteiger partial charge in [-0.05, 0) is 21.0 Å². The topological polar surface area (TPSA) is 62.3 Å². The summed E-state index contributed by atoms with van der Waals surface area (Å²) in [6, 6.07) is 1.89. The predicted octanol–water partition coefficient (Wildman–Crippen LogP) is 0.898. The van der Waals surface area contributed by atoms with E-state index in [2.05, 4.69) is 25.5 Å². The van der Waals surface area contributed by atoms with Crippen molar-refractivity contribution in [2.75, 3.05) is 57.6 Å². The molecule has 6 heteroatoms. The van der Waals surface area contributed by atoms with Crippen molar-refractivity contribution >= 4 is 11.6 Å². The molecule has 0 spiro atoms. The fraction of sp³-hybridized carbons (Fsp3) is 0.667. The lowest BCUT2D eigenvalue weighted by Gasteiger charge is -2.10. The summed E-state index contributed by atoms with van der Waals surface area (Å²) in [7, 11) is 4.06. The van der Waals surface area contributed by atoms with Crippen molar-refractivity contribution in [3.8, 4) is 0 Å². The van der Waals surface area contributed by atoms with Crippen LogP contribution in [0.5, 0.6) is 0 Å². The first-order chi connectivity index (χ1) is 8.72. The van der Waals surface area contributed by atoms with Crippen LogP contribution >= 0.6 is 0 Å². The summed E-state index contributed by atoms with van der Waals surface area (Å²) in [4.78, 5) is 10.3. The number of rotatable bonds is 9. The van der Waals surface area contributed by atoms with Crippen LogP contribution in [0.15, 0.2) is 12.4 Å². The summed E-state index contributed by atoms with van der Waals surface area (Å²) in [5.41, 5.74) is 0. The molecule has 0 fully saturated rings. The quantitative estimate of drug-likeness (QED) is 0.638. The fourth-order valence-corrected chi connectivity index (χ4v) is 1.33. The average molecular weight is 253 g/mol. The normalized spacial score (nSPS) is 10.7. The molecule has 0 aliphatic heterocycles. The maximum Gasteiger partial charge on any atom is 0.131 e. The van der Waals surface area contributed by atoms with E-state index in [1.807, 2.05) is 27.1 Å². The van der Waals surface area contributed by atoms with Gasteiger partial charge in [-0.25, -0.2) is 9.97 Å². The first-order valence-corrected chi connectivity index (χ1v) is 6.24. The second kappa shape index (κ2) is 8.66. The van der Waals surface area contributed by atoms with Crippen LogP contribution in [-0.2, 0) is 4.74 Å². The fourth-order valence-electron chi connectivity index (χ4n) is 1.33. The Morgan fingerprint density at radius 1 is 1.17 bits per heavy atom. The SMILES string of the molecule is CCNc1cc(NCCOCCN(C)C)ncn1. The maximum absolute atomic E-state index is 5.48. The first kappa shape index (κ1) is 14.7. The number of ether oxygens (including phenoxy) is 1.